The van der Waals surface area contributed by atoms with E-state index in [1.807, 2.05) is 14.1 Å². The van der Waals surface area contributed by atoms with Crippen LogP contribution >= 0.6 is 0 Å². The normalized spacial score (nSPS) is 18.4. The fraction of sp³-hybridized carbons (Fsp3) is 0.462. The number of likely N-dealkylation sites (N-methyl/N-ethyl adjacent to an activating group) is 1. The highest BCUT2D eigenvalue weighted by Gasteiger charge is 2.27. The van der Waals surface area contributed by atoms with Crippen LogP contribution in [0.25, 0.3) is 0 Å². The summed E-state index contributed by atoms with van der Waals surface area (Å²) < 4.78 is 0. The highest BCUT2D eigenvalue weighted by molar-refractivity contribution is 5.92. The van der Waals surface area contributed by atoms with E-state index in [4.69, 9.17) is 5.11 Å². The Hall–Kier alpha value is -2.15. The number of pyridine rings is 1. The molecular weight excluding hydrogens is 260 g/mol. The SMILES string of the molecule is CN(C)C1CCN(C(=O)Nc2cncc(C(=O)O)c2)C1. The molecule has 1 unspecified atom stereocenters. The number of urea groups is 1. The molecule has 0 aromatic carbocycles. The van der Waals surface area contributed by atoms with Gasteiger partial charge in [-0.25, -0.2) is 9.59 Å². The van der Waals surface area contributed by atoms with E-state index in [0.29, 0.717) is 24.8 Å². The highest BCUT2D eigenvalue weighted by Crippen LogP contribution is 2.15. The number of nitrogens with zero attached hydrogens (tertiary/aromatic N) is 3. The summed E-state index contributed by atoms with van der Waals surface area (Å²) in [5.74, 6) is -1.07. The Balaban J connectivity index is 1.98. The van der Waals surface area contributed by atoms with E-state index in [9.17, 15) is 9.59 Å². The molecule has 1 saturated heterocycles. The van der Waals surface area contributed by atoms with Crippen LogP contribution in [0.5, 0.6) is 0 Å². The van der Waals surface area contributed by atoms with Crippen LogP contribution in [0.3, 0.4) is 0 Å². The number of amides is 2. The molecular formula is C13H18N4O3. The zero-order valence-electron chi connectivity index (χ0n) is 11.5. The van der Waals surface area contributed by atoms with Crippen LogP contribution in [0.1, 0.15) is 16.8 Å². The lowest BCUT2D eigenvalue weighted by atomic mass is 10.2. The van der Waals surface area contributed by atoms with Gasteiger partial charge in [-0.2, -0.15) is 0 Å². The van der Waals surface area contributed by atoms with Crippen molar-refractivity contribution in [2.75, 3.05) is 32.5 Å². The van der Waals surface area contributed by atoms with Crippen LogP contribution in [0.4, 0.5) is 10.5 Å². The molecule has 1 fully saturated rings. The van der Waals surface area contributed by atoms with Crippen molar-refractivity contribution in [3.63, 3.8) is 0 Å². The Kier molecular flexibility index (Phi) is 4.19. The molecule has 0 aliphatic carbocycles. The predicted molar refractivity (Wildman–Crippen MR) is 73.9 cm³/mol. The molecule has 1 aliphatic rings. The monoisotopic (exact) mass is 278 g/mol. The van der Waals surface area contributed by atoms with Crippen molar-refractivity contribution < 1.29 is 14.7 Å². The maximum Gasteiger partial charge on any atom is 0.337 e. The Morgan fingerprint density at radius 2 is 2.20 bits per heavy atom. The molecule has 1 aliphatic heterocycles. The molecule has 1 aromatic heterocycles. The number of aromatic carboxylic acids is 1. The van der Waals surface area contributed by atoms with Gasteiger partial charge in [0.1, 0.15) is 0 Å². The molecule has 1 atom stereocenters. The first-order chi connectivity index (χ1) is 9.47. The van der Waals surface area contributed by atoms with Crippen LogP contribution < -0.4 is 5.32 Å². The Bertz CT molecular complexity index is 518. The second-order valence-corrected chi connectivity index (χ2v) is 5.05. The van der Waals surface area contributed by atoms with E-state index >= 15 is 0 Å². The molecule has 7 heteroatoms. The van der Waals surface area contributed by atoms with E-state index in [2.05, 4.69) is 15.2 Å². The second-order valence-electron chi connectivity index (χ2n) is 5.05. The summed E-state index contributed by atoms with van der Waals surface area (Å²) in [4.78, 5) is 30.6. The van der Waals surface area contributed by atoms with Gasteiger partial charge in [-0.15, -0.1) is 0 Å². The van der Waals surface area contributed by atoms with Gasteiger partial charge < -0.3 is 20.2 Å². The number of hydrogen-bond acceptors (Lipinski definition) is 4. The molecule has 2 heterocycles. The van der Waals surface area contributed by atoms with Gasteiger partial charge in [0.05, 0.1) is 17.4 Å². The number of likely N-dealkylation sites (tertiary alicyclic amines) is 1. The van der Waals surface area contributed by atoms with Crippen molar-refractivity contribution in [3.05, 3.63) is 24.0 Å². The molecule has 108 valence electrons. The fourth-order valence-electron chi connectivity index (χ4n) is 2.18. The zero-order valence-corrected chi connectivity index (χ0v) is 11.5. The van der Waals surface area contributed by atoms with Gasteiger partial charge in [0.2, 0.25) is 0 Å². The lowest BCUT2D eigenvalue weighted by Crippen LogP contribution is -2.36. The van der Waals surface area contributed by atoms with Crippen LogP contribution in [-0.2, 0) is 0 Å². The molecule has 2 N–H and O–H groups in total. The third-order valence-electron chi connectivity index (χ3n) is 3.42. The van der Waals surface area contributed by atoms with E-state index < -0.39 is 5.97 Å². The van der Waals surface area contributed by atoms with Gasteiger partial charge in [-0.1, -0.05) is 0 Å². The van der Waals surface area contributed by atoms with Gasteiger partial charge in [0.25, 0.3) is 0 Å². The first-order valence-electron chi connectivity index (χ1n) is 6.38. The van der Waals surface area contributed by atoms with E-state index in [0.717, 1.165) is 6.42 Å². The van der Waals surface area contributed by atoms with Crippen LogP contribution in [0.2, 0.25) is 0 Å². The van der Waals surface area contributed by atoms with Gasteiger partial charge >= 0.3 is 12.0 Å². The summed E-state index contributed by atoms with van der Waals surface area (Å²) in [6.07, 6.45) is 3.62. The van der Waals surface area contributed by atoms with Gasteiger partial charge in [-0.3, -0.25) is 4.98 Å². The molecule has 0 bridgehead atoms. The number of anilines is 1. The highest BCUT2D eigenvalue weighted by atomic mass is 16.4. The molecule has 0 radical (unpaired) electrons. The summed E-state index contributed by atoms with van der Waals surface area (Å²) in [5.41, 5.74) is 0.443. The Morgan fingerprint density at radius 1 is 1.45 bits per heavy atom. The van der Waals surface area contributed by atoms with Crippen LogP contribution in [0.15, 0.2) is 18.5 Å². The number of aromatic nitrogens is 1. The van der Waals surface area contributed by atoms with Gasteiger partial charge in [0, 0.05) is 25.3 Å². The molecule has 1 aromatic rings. The Morgan fingerprint density at radius 3 is 2.80 bits per heavy atom. The lowest BCUT2D eigenvalue weighted by Gasteiger charge is -2.20. The standard InChI is InChI=1S/C13H18N4O3/c1-16(2)11-3-4-17(8-11)13(20)15-10-5-9(12(18)19)6-14-7-10/h5-7,11H,3-4,8H2,1-2H3,(H,15,20)(H,18,19). The Labute approximate surface area is 117 Å². The van der Waals surface area contributed by atoms with E-state index in [1.54, 1.807) is 4.90 Å². The summed E-state index contributed by atoms with van der Waals surface area (Å²) in [6, 6.07) is 1.54. The smallest absolute Gasteiger partial charge is 0.337 e. The average molecular weight is 278 g/mol. The van der Waals surface area contributed by atoms with Crippen molar-refractivity contribution in [1.82, 2.24) is 14.8 Å². The summed E-state index contributed by atoms with van der Waals surface area (Å²) >= 11 is 0. The van der Waals surface area contributed by atoms with E-state index in [1.165, 1.54) is 18.5 Å². The van der Waals surface area contributed by atoms with Crippen LogP contribution in [0, 0.1) is 0 Å². The molecule has 20 heavy (non-hydrogen) atoms. The number of carboxylic acid groups (broad SMARTS) is 1. The largest absolute Gasteiger partial charge is 0.478 e. The van der Waals surface area contributed by atoms with Crippen molar-refractivity contribution in [1.29, 1.82) is 0 Å². The van der Waals surface area contributed by atoms with Crippen molar-refractivity contribution >= 4 is 17.7 Å². The molecule has 0 spiro atoms. The third-order valence-corrected chi connectivity index (χ3v) is 3.42. The maximum absolute atomic E-state index is 12.1. The van der Waals surface area contributed by atoms with Gasteiger partial charge in [-0.05, 0) is 26.6 Å². The maximum atomic E-state index is 12.1. The number of rotatable bonds is 3. The topological polar surface area (TPSA) is 85.8 Å². The van der Waals surface area contributed by atoms with Gasteiger partial charge in [0.15, 0.2) is 0 Å². The summed E-state index contributed by atoms with van der Waals surface area (Å²) in [5, 5.41) is 11.6. The van der Waals surface area contributed by atoms with Crippen molar-refractivity contribution in [2.24, 2.45) is 0 Å². The number of nitrogens with one attached hydrogen (secondary N) is 1. The third kappa shape index (κ3) is 3.24. The van der Waals surface area contributed by atoms with Crippen molar-refractivity contribution in [2.45, 2.75) is 12.5 Å². The first kappa shape index (κ1) is 14.3. The average Bonchev–Trinajstić information content (AvgIpc) is 2.88. The zero-order chi connectivity index (χ0) is 14.7. The summed E-state index contributed by atoms with van der Waals surface area (Å²) in [7, 11) is 3.98. The minimum atomic E-state index is -1.07. The minimum Gasteiger partial charge on any atom is -0.478 e. The molecule has 7 nitrogen and oxygen atoms in total. The number of carboxylic acids is 1. The fourth-order valence-corrected chi connectivity index (χ4v) is 2.18. The molecule has 2 amide bonds. The quantitative estimate of drug-likeness (QED) is 0.859. The minimum absolute atomic E-state index is 0.0513. The molecule has 0 saturated carbocycles. The predicted octanol–water partition coefficient (Wildman–Crippen LogP) is 0.948. The molecule has 2 rings (SSSR count). The van der Waals surface area contributed by atoms with Crippen molar-refractivity contribution in [3.8, 4) is 0 Å². The summed E-state index contributed by atoms with van der Waals surface area (Å²) in [6.45, 7) is 1.37. The number of carbonyl (C=O) groups excluding carboxylic acids is 1. The van der Waals surface area contributed by atoms with E-state index in [-0.39, 0.29) is 11.6 Å². The lowest BCUT2D eigenvalue weighted by molar-refractivity contribution is 0.0696. The second kappa shape index (κ2) is 5.87. The number of carbonyl (C=O) groups is 2. The van der Waals surface area contributed by atoms with Crippen LogP contribution in [-0.4, -0.2) is 65.1 Å². The first-order valence-corrected chi connectivity index (χ1v) is 6.38. The number of hydrogen-bond donors (Lipinski definition) is 2.